The number of carbonyl (C=O) groups is 1. The molecule has 20 heavy (non-hydrogen) atoms. The van der Waals surface area contributed by atoms with Gasteiger partial charge in [-0.05, 0) is 25.1 Å². The van der Waals surface area contributed by atoms with Gasteiger partial charge in [-0.25, -0.2) is 8.78 Å². The zero-order chi connectivity index (χ0) is 14.7. The van der Waals surface area contributed by atoms with Crippen molar-refractivity contribution in [3.63, 3.8) is 0 Å². The van der Waals surface area contributed by atoms with E-state index in [0.717, 1.165) is 29.6 Å². The van der Waals surface area contributed by atoms with E-state index in [1.54, 1.807) is 17.8 Å². The van der Waals surface area contributed by atoms with Crippen LogP contribution in [0.5, 0.6) is 0 Å². The van der Waals surface area contributed by atoms with E-state index in [0.29, 0.717) is 10.7 Å². The summed E-state index contributed by atoms with van der Waals surface area (Å²) in [6.45, 7) is 1.83. The second-order valence-electron chi connectivity index (χ2n) is 4.21. The van der Waals surface area contributed by atoms with Crippen LogP contribution in [0.2, 0.25) is 0 Å². The molecule has 1 aromatic heterocycles. The van der Waals surface area contributed by atoms with Gasteiger partial charge in [0.2, 0.25) is 5.91 Å². The maximum Gasteiger partial charge on any atom is 0.235 e. The lowest BCUT2D eigenvalue weighted by atomic mass is 10.3. The van der Waals surface area contributed by atoms with Gasteiger partial charge in [-0.15, -0.1) is 11.8 Å². The topological polar surface area (TPSA) is 46.9 Å². The van der Waals surface area contributed by atoms with Crippen LogP contribution < -0.4 is 5.32 Å². The average molecular weight is 297 g/mol. The van der Waals surface area contributed by atoms with Crippen molar-refractivity contribution in [1.29, 1.82) is 0 Å². The van der Waals surface area contributed by atoms with Crippen LogP contribution in [-0.2, 0) is 11.8 Å². The van der Waals surface area contributed by atoms with E-state index >= 15 is 0 Å². The Labute approximate surface area is 119 Å². The normalized spacial score (nSPS) is 10.6. The summed E-state index contributed by atoms with van der Waals surface area (Å²) in [6, 6.07) is 5.30. The van der Waals surface area contributed by atoms with Crippen molar-refractivity contribution >= 4 is 23.5 Å². The molecule has 1 aromatic carbocycles. The molecule has 0 radical (unpaired) electrons. The number of anilines is 1. The smallest absolute Gasteiger partial charge is 0.235 e. The second-order valence-corrected chi connectivity index (χ2v) is 5.26. The maximum absolute atomic E-state index is 13.0. The number of nitrogens with zero attached hydrogens (tertiary/aromatic N) is 2. The molecule has 0 bridgehead atoms. The van der Waals surface area contributed by atoms with Gasteiger partial charge in [0.25, 0.3) is 0 Å². The molecule has 0 saturated heterocycles. The van der Waals surface area contributed by atoms with Gasteiger partial charge < -0.3 is 5.32 Å². The maximum atomic E-state index is 13.0. The van der Waals surface area contributed by atoms with Gasteiger partial charge in [0.1, 0.15) is 5.82 Å². The summed E-state index contributed by atoms with van der Waals surface area (Å²) in [5.41, 5.74) is 0.802. The Morgan fingerprint density at radius 2 is 2.10 bits per heavy atom. The third-order valence-corrected chi connectivity index (χ3v) is 3.52. The Morgan fingerprint density at radius 1 is 1.35 bits per heavy atom. The Bertz CT molecular complexity index is 643. The fourth-order valence-corrected chi connectivity index (χ4v) is 2.34. The lowest BCUT2D eigenvalue weighted by molar-refractivity contribution is -0.113. The molecule has 2 aromatic rings. The Balaban J connectivity index is 1.92. The number of halogens is 2. The highest BCUT2D eigenvalue weighted by Crippen LogP contribution is 2.20. The van der Waals surface area contributed by atoms with Crippen molar-refractivity contribution in [2.24, 2.45) is 7.05 Å². The highest BCUT2D eigenvalue weighted by atomic mass is 32.2. The van der Waals surface area contributed by atoms with Crippen LogP contribution in [0.3, 0.4) is 0 Å². The van der Waals surface area contributed by atoms with E-state index in [9.17, 15) is 13.6 Å². The number of benzene rings is 1. The Hall–Kier alpha value is -1.89. The van der Waals surface area contributed by atoms with Crippen LogP contribution in [0.15, 0.2) is 29.2 Å². The molecule has 0 unspecified atom stereocenters. The largest absolute Gasteiger partial charge is 0.310 e. The van der Waals surface area contributed by atoms with Crippen LogP contribution in [0.25, 0.3) is 0 Å². The molecule has 1 heterocycles. The van der Waals surface area contributed by atoms with Crippen LogP contribution in [-0.4, -0.2) is 21.4 Å². The van der Waals surface area contributed by atoms with Crippen LogP contribution >= 0.6 is 11.8 Å². The summed E-state index contributed by atoms with van der Waals surface area (Å²) in [6.07, 6.45) is 0. The Morgan fingerprint density at radius 3 is 2.70 bits per heavy atom. The number of hydrogen-bond acceptors (Lipinski definition) is 3. The molecule has 0 fully saturated rings. The third kappa shape index (κ3) is 3.57. The van der Waals surface area contributed by atoms with Crippen LogP contribution in [0, 0.1) is 18.6 Å². The van der Waals surface area contributed by atoms with Gasteiger partial charge in [0, 0.05) is 18.0 Å². The van der Waals surface area contributed by atoms with Crippen molar-refractivity contribution in [3.8, 4) is 0 Å². The zero-order valence-corrected chi connectivity index (χ0v) is 11.8. The molecule has 7 heteroatoms. The predicted molar refractivity (Wildman–Crippen MR) is 73.7 cm³/mol. The number of carbonyl (C=O) groups excluding carboxylic acids is 1. The number of aryl methyl sites for hydroxylation is 2. The minimum atomic E-state index is -0.919. The molecule has 106 valence electrons. The van der Waals surface area contributed by atoms with Crippen molar-refractivity contribution in [2.75, 3.05) is 11.1 Å². The zero-order valence-electron chi connectivity index (χ0n) is 11.0. The molecule has 4 nitrogen and oxygen atoms in total. The van der Waals surface area contributed by atoms with Crippen molar-refractivity contribution < 1.29 is 13.6 Å². The van der Waals surface area contributed by atoms with Gasteiger partial charge >= 0.3 is 0 Å². The molecule has 0 atom stereocenters. The third-order valence-electron chi connectivity index (χ3n) is 2.53. The van der Waals surface area contributed by atoms with E-state index in [-0.39, 0.29) is 11.7 Å². The number of rotatable bonds is 4. The monoisotopic (exact) mass is 297 g/mol. The number of nitrogens with one attached hydrogen (secondary N) is 1. The first-order chi connectivity index (χ1) is 9.45. The standard InChI is InChI=1S/C13H13F2N3OS/c1-8-5-12(18(2)17-8)16-13(19)7-20-9-3-4-10(14)11(15)6-9/h3-6H,7H2,1-2H3,(H,16,19). The minimum Gasteiger partial charge on any atom is -0.310 e. The fraction of sp³-hybridized carbons (Fsp3) is 0.231. The summed E-state index contributed by atoms with van der Waals surface area (Å²) >= 11 is 1.13. The molecular formula is C13H13F2N3OS. The summed E-state index contributed by atoms with van der Waals surface area (Å²) in [7, 11) is 1.73. The van der Waals surface area contributed by atoms with E-state index in [4.69, 9.17) is 0 Å². The molecule has 0 spiro atoms. The van der Waals surface area contributed by atoms with E-state index in [1.807, 2.05) is 6.92 Å². The number of thioether (sulfide) groups is 1. The summed E-state index contributed by atoms with van der Waals surface area (Å²) in [5, 5.41) is 6.81. The van der Waals surface area contributed by atoms with E-state index in [1.165, 1.54) is 6.07 Å². The molecule has 0 aliphatic heterocycles. The lowest BCUT2D eigenvalue weighted by Gasteiger charge is -2.05. The van der Waals surface area contributed by atoms with Crippen molar-refractivity contribution in [3.05, 3.63) is 41.6 Å². The van der Waals surface area contributed by atoms with Crippen molar-refractivity contribution in [1.82, 2.24) is 9.78 Å². The molecule has 0 aliphatic carbocycles. The minimum absolute atomic E-state index is 0.106. The predicted octanol–water partition coefficient (Wildman–Crippen LogP) is 2.74. The summed E-state index contributed by atoms with van der Waals surface area (Å²) < 4.78 is 27.3. The lowest BCUT2D eigenvalue weighted by Crippen LogP contribution is -2.16. The first kappa shape index (κ1) is 14.5. The molecule has 1 N–H and O–H groups in total. The van der Waals surface area contributed by atoms with E-state index in [2.05, 4.69) is 10.4 Å². The van der Waals surface area contributed by atoms with Crippen LogP contribution in [0.1, 0.15) is 5.69 Å². The first-order valence-electron chi connectivity index (χ1n) is 5.84. The highest BCUT2D eigenvalue weighted by Gasteiger charge is 2.09. The highest BCUT2D eigenvalue weighted by molar-refractivity contribution is 8.00. The van der Waals surface area contributed by atoms with Crippen LogP contribution in [0.4, 0.5) is 14.6 Å². The van der Waals surface area contributed by atoms with Gasteiger partial charge in [-0.3, -0.25) is 9.48 Å². The quantitative estimate of drug-likeness (QED) is 0.883. The van der Waals surface area contributed by atoms with Gasteiger partial charge in [-0.1, -0.05) is 0 Å². The average Bonchev–Trinajstić information content (AvgIpc) is 2.69. The molecule has 1 amide bonds. The summed E-state index contributed by atoms with van der Waals surface area (Å²) in [5.74, 6) is -1.35. The van der Waals surface area contributed by atoms with E-state index < -0.39 is 11.6 Å². The van der Waals surface area contributed by atoms with Gasteiger partial charge in [0.15, 0.2) is 11.6 Å². The molecule has 0 saturated carbocycles. The number of amides is 1. The fourth-order valence-electron chi connectivity index (χ4n) is 1.62. The molecular weight excluding hydrogens is 284 g/mol. The number of aromatic nitrogens is 2. The van der Waals surface area contributed by atoms with Gasteiger partial charge in [-0.2, -0.15) is 5.10 Å². The van der Waals surface area contributed by atoms with Gasteiger partial charge in [0.05, 0.1) is 11.4 Å². The Kier molecular flexibility index (Phi) is 4.39. The molecule has 2 rings (SSSR count). The summed E-state index contributed by atoms with van der Waals surface area (Å²) in [4.78, 5) is 12.3. The second kappa shape index (κ2) is 6.04. The number of hydrogen-bond donors (Lipinski definition) is 1. The van der Waals surface area contributed by atoms with Crippen molar-refractivity contribution in [2.45, 2.75) is 11.8 Å². The first-order valence-corrected chi connectivity index (χ1v) is 6.82. The SMILES string of the molecule is Cc1cc(NC(=O)CSc2ccc(F)c(F)c2)n(C)n1. The molecule has 0 aliphatic rings.